The van der Waals surface area contributed by atoms with Gasteiger partial charge in [0.05, 0.1) is 25.2 Å². The van der Waals surface area contributed by atoms with Crippen molar-refractivity contribution in [3.8, 4) is 0 Å². The van der Waals surface area contributed by atoms with E-state index in [0.29, 0.717) is 24.0 Å². The number of hydrogen-bond donors (Lipinski definition) is 2. The van der Waals surface area contributed by atoms with Crippen LogP contribution in [0.25, 0.3) is 0 Å². The number of halogens is 2. The first-order chi connectivity index (χ1) is 16.3. The Morgan fingerprint density at radius 1 is 1.26 bits per heavy atom. The van der Waals surface area contributed by atoms with Crippen LogP contribution in [0.4, 0.5) is 0 Å². The van der Waals surface area contributed by atoms with E-state index < -0.39 is 12.1 Å². The standard InChI is InChI=1S/C26H34Cl2N2O4/c1-17-8-9-19(14-25(17)28)13-20-5-4-12-30(20)15-21(31)16-33-18(2)22-6-3-7-24(27)23(22)10-11-26(32)34-29/h3,6-9,14,18,20-21,31H,4-5,10-13,15-16,29H2,1-2H3/t18-,20+,21-/m1/s1. The lowest BCUT2D eigenvalue weighted by Gasteiger charge is -2.28. The molecule has 1 aliphatic rings. The number of nitrogens with zero attached hydrogens (tertiary/aromatic N) is 1. The van der Waals surface area contributed by atoms with Crippen LogP contribution in [-0.2, 0) is 27.2 Å². The second-order valence-electron chi connectivity index (χ2n) is 9.01. The Bertz CT molecular complexity index is 972. The molecule has 1 heterocycles. The number of ether oxygens (including phenoxy) is 1. The molecule has 186 valence electrons. The minimum absolute atomic E-state index is 0.130. The third kappa shape index (κ3) is 7.41. The van der Waals surface area contributed by atoms with Crippen molar-refractivity contribution < 1.29 is 19.5 Å². The average molecular weight is 509 g/mol. The second-order valence-corrected chi connectivity index (χ2v) is 9.82. The van der Waals surface area contributed by atoms with Gasteiger partial charge in [0.2, 0.25) is 0 Å². The van der Waals surface area contributed by atoms with Crippen molar-refractivity contribution in [2.45, 2.75) is 64.2 Å². The van der Waals surface area contributed by atoms with Crippen molar-refractivity contribution in [3.05, 3.63) is 68.7 Å². The van der Waals surface area contributed by atoms with Gasteiger partial charge in [0, 0.05) is 22.6 Å². The summed E-state index contributed by atoms with van der Waals surface area (Å²) in [5, 5.41) is 12.1. The summed E-state index contributed by atoms with van der Waals surface area (Å²) in [6.45, 7) is 5.65. The summed E-state index contributed by atoms with van der Waals surface area (Å²) in [4.78, 5) is 18.1. The zero-order chi connectivity index (χ0) is 24.7. The highest BCUT2D eigenvalue weighted by molar-refractivity contribution is 6.31. The lowest BCUT2D eigenvalue weighted by Crippen LogP contribution is -2.39. The van der Waals surface area contributed by atoms with Gasteiger partial charge in [-0.3, -0.25) is 9.69 Å². The molecular weight excluding hydrogens is 475 g/mol. The average Bonchev–Trinajstić information content (AvgIpc) is 3.24. The molecule has 1 fully saturated rings. The van der Waals surface area contributed by atoms with Crippen LogP contribution in [-0.4, -0.2) is 47.8 Å². The third-order valence-corrected chi connectivity index (χ3v) is 7.26. The van der Waals surface area contributed by atoms with Crippen molar-refractivity contribution in [3.63, 3.8) is 0 Å². The van der Waals surface area contributed by atoms with Crippen LogP contribution in [0.15, 0.2) is 36.4 Å². The Morgan fingerprint density at radius 3 is 2.79 bits per heavy atom. The Kier molecular flexibility index (Phi) is 10.2. The third-order valence-electron chi connectivity index (χ3n) is 6.49. The number of aliphatic hydroxyl groups is 1. The van der Waals surface area contributed by atoms with E-state index >= 15 is 0 Å². The highest BCUT2D eigenvalue weighted by atomic mass is 35.5. The van der Waals surface area contributed by atoms with Gasteiger partial charge >= 0.3 is 5.97 Å². The molecule has 0 spiro atoms. The molecule has 3 atom stereocenters. The monoisotopic (exact) mass is 508 g/mol. The molecule has 0 amide bonds. The molecule has 0 aromatic heterocycles. The van der Waals surface area contributed by atoms with E-state index in [1.54, 1.807) is 6.07 Å². The maximum absolute atomic E-state index is 11.5. The molecule has 8 heteroatoms. The number of nitrogens with two attached hydrogens (primary N) is 1. The lowest BCUT2D eigenvalue weighted by atomic mass is 9.99. The van der Waals surface area contributed by atoms with Gasteiger partial charge in [-0.1, -0.05) is 47.5 Å². The molecule has 1 aliphatic heterocycles. The molecule has 3 N–H and O–H groups in total. The fourth-order valence-corrected chi connectivity index (χ4v) is 5.06. The molecular formula is C26H34Cl2N2O4. The quantitative estimate of drug-likeness (QED) is 0.424. The van der Waals surface area contributed by atoms with E-state index in [2.05, 4.69) is 21.9 Å². The molecule has 2 aromatic rings. The van der Waals surface area contributed by atoms with E-state index in [4.69, 9.17) is 33.8 Å². The predicted molar refractivity (Wildman–Crippen MR) is 135 cm³/mol. The van der Waals surface area contributed by atoms with Crippen molar-refractivity contribution in [2.24, 2.45) is 5.90 Å². The Balaban J connectivity index is 1.54. The zero-order valence-electron chi connectivity index (χ0n) is 19.8. The SMILES string of the molecule is Cc1ccc(C[C@@H]2CCCN2C[C@@H](O)CO[C@H](C)c2cccc(Cl)c2CCC(=O)ON)cc1Cl. The first-order valence-electron chi connectivity index (χ1n) is 11.7. The molecule has 3 rings (SSSR count). The Hall–Kier alpha value is -1.67. The Morgan fingerprint density at radius 2 is 2.06 bits per heavy atom. The number of benzene rings is 2. The predicted octanol–water partition coefficient (Wildman–Crippen LogP) is 4.80. The normalized spacial score (nSPS) is 18.1. The van der Waals surface area contributed by atoms with Crippen LogP contribution in [0, 0.1) is 6.92 Å². The van der Waals surface area contributed by atoms with Gasteiger partial charge in [0.15, 0.2) is 0 Å². The van der Waals surface area contributed by atoms with Crippen LogP contribution in [0.2, 0.25) is 10.0 Å². The molecule has 0 saturated carbocycles. The first kappa shape index (κ1) is 26.9. The van der Waals surface area contributed by atoms with E-state index in [1.165, 1.54) is 5.56 Å². The maximum Gasteiger partial charge on any atom is 0.324 e. The molecule has 0 aliphatic carbocycles. The highest BCUT2D eigenvalue weighted by Crippen LogP contribution is 2.29. The van der Waals surface area contributed by atoms with E-state index in [-0.39, 0.29) is 19.1 Å². The number of carbonyl (C=O) groups is 1. The molecule has 0 radical (unpaired) electrons. The maximum atomic E-state index is 11.5. The number of β-amino-alcohol motifs (C(OH)–C–C–N with tert-alkyl or cyclic N) is 1. The van der Waals surface area contributed by atoms with Crippen LogP contribution in [0.5, 0.6) is 0 Å². The summed E-state index contributed by atoms with van der Waals surface area (Å²) in [5.74, 6) is 4.44. The van der Waals surface area contributed by atoms with Crippen molar-refractivity contribution in [1.29, 1.82) is 0 Å². The van der Waals surface area contributed by atoms with Crippen molar-refractivity contribution in [1.82, 2.24) is 4.90 Å². The summed E-state index contributed by atoms with van der Waals surface area (Å²) in [7, 11) is 0. The van der Waals surface area contributed by atoms with Crippen molar-refractivity contribution >= 4 is 29.2 Å². The molecule has 6 nitrogen and oxygen atoms in total. The molecule has 0 bridgehead atoms. The van der Waals surface area contributed by atoms with Crippen LogP contribution < -0.4 is 5.90 Å². The molecule has 0 unspecified atom stereocenters. The number of hydrogen-bond acceptors (Lipinski definition) is 6. The number of carbonyl (C=O) groups excluding carboxylic acids is 1. The summed E-state index contributed by atoms with van der Waals surface area (Å²) >= 11 is 12.7. The van der Waals surface area contributed by atoms with Crippen molar-refractivity contribution in [2.75, 3.05) is 19.7 Å². The fourth-order valence-electron chi connectivity index (χ4n) is 4.58. The van der Waals surface area contributed by atoms with E-state index in [9.17, 15) is 9.90 Å². The lowest BCUT2D eigenvalue weighted by molar-refractivity contribution is -0.144. The van der Waals surface area contributed by atoms with Gasteiger partial charge in [-0.25, -0.2) is 0 Å². The van der Waals surface area contributed by atoms with Crippen LogP contribution >= 0.6 is 23.2 Å². The molecule has 34 heavy (non-hydrogen) atoms. The highest BCUT2D eigenvalue weighted by Gasteiger charge is 2.27. The van der Waals surface area contributed by atoms with Gasteiger partial charge in [0.1, 0.15) is 0 Å². The smallest absolute Gasteiger partial charge is 0.324 e. The topological polar surface area (TPSA) is 85.0 Å². The first-order valence-corrected chi connectivity index (χ1v) is 12.5. The minimum atomic E-state index is -0.612. The largest absolute Gasteiger partial charge is 0.389 e. The van der Waals surface area contributed by atoms with E-state index in [0.717, 1.165) is 47.5 Å². The fraction of sp³-hybridized carbons (Fsp3) is 0.500. The molecule has 2 aromatic carbocycles. The zero-order valence-corrected chi connectivity index (χ0v) is 21.3. The summed E-state index contributed by atoms with van der Waals surface area (Å²) in [6, 6.07) is 12.2. The number of rotatable bonds is 11. The van der Waals surface area contributed by atoms with Crippen LogP contribution in [0.1, 0.15) is 54.5 Å². The number of aliphatic hydroxyl groups excluding tert-OH is 1. The summed E-state index contributed by atoms with van der Waals surface area (Å²) < 4.78 is 6.02. The van der Waals surface area contributed by atoms with Gasteiger partial charge in [-0.2, -0.15) is 5.90 Å². The Labute approximate surface area is 211 Å². The van der Waals surface area contributed by atoms with Gasteiger partial charge in [0.25, 0.3) is 0 Å². The minimum Gasteiger partial charge on any atom is -0.389 e. The van der Waals surface area contributed by atoms with Gasteiger partial charge < -0.3 is 14.7 Å². The van der Waals surface area contributed by atoms with Gasteiger partial charge in [-0.15, -0.1) is 0 Å². The summed E-state index contributed by atoms with van der Waals surface area (Å²) in [5.41, 5.74) is 4.02. The van der Waals surface area contributed by atoms with Gasteiger partial charge in [-0.05, 0) is 80.5 Å². The van der Waals surface area contributed by atoms with Crippen LogP contribution in [0.3, 0.4) is 0 Å². The van der Waals surface area contributed by atoms with E-state index in [1.807, 2.05) is 32.0 Å². The number of aryl methyl sites for hydroxylation is 1. The second kappa shape index (κ2) is 12.9. The number of likely N-dealkylation sites (tertiary alicyclic amines) is 1. The summed E-state index contributed by atoms with van der Waals surface area (Å²) in [6.07, 6.45) is 2.77. The molecule has 1 saturated heterocycles.